The predicted molar refractivity (Wildman–Crippen MR) is 56.6 cm³/mol. The number of allylic oxidation sites excluding steroid dienone is 1. The lowest BCUT2D eigenvalue weighted by molar-refractivity contribution is 0.103. The van der Waals surface area contributed by atoms with Gasteiger partial charge in [-0.1, -0.05) is 0 Å². The van der Waals surface area contributed by atoms with E-state index < -0.39 is 5.78 Å². The molecule has 5 N–H and O–H groups in total. The number of rotatable bonds is 3. The van der Waals surface area contributed by atoms with E-state index in [0.717, 1.165) is 0 Å². The van der Waals surface area contributed by atoms with E-state index in [1.54, 1.807) is 6.07 Å². The third-order valence-corrected chi connectivity index (χ3v) is 1.90. The van der Waals surface area contributed by atoms with Gasteiger partial charge in [-0.25, -0.2) is 0 Å². The van der Waals surface area contributed by atoms with Crippen LogP contribution in [0.4, 0.5) is 5.69 Å². The van der Waals surface area contributed by atoms with E-state index in [9.17, 15) is 4.79 Å². The summed E-state index contributed by atoms with van der Waals surface area (Å²) in [6, 6.07) is 4.60. The molecule has 1 aromatic rings. The van der Waals surface area contributed by atoms with Gasteiger partial charge in [-0.3, -0.25) is 4.79 Å². The van der Waals surface area contributed by atoms with E-state index in [4.69, 9.17) is 21.3 Å². The molecule has 0 spiro atoms. The van der Waals surface area contributed by atoms with Gasteiger partial charge in [-0.05, 0) is 12.1 Å². The molecule has 80 valence electrons. The van der Waals surface area contributed by atoms with Gasteiger partial charge in [-0.2, -0.15) is 0 Å². The van der Waals surface area contributed by atoms with Crippen LogP contribution in [0.2, 0.25) is 0 Å². The number of methoxy groups -OCH3 is 1. The van der Waals surface area contributed by atoms with Crippen molar-refractivity contribution in [3.63, 3.8) is 0 Å². The summed E-state index contributed by atoms with van der Waals surface area (Å²) in [4.78, 5) is 11.5. The number of carbonyl (C=O) groups excluding carboxylic acids is 1. The van der Waals surface area contributed by atoms with Gasteiger partial charge in [0.25, 0.3) is 0 Å². The summed E-state index contributed by atoms with van der Waals surface area (Å²) in [6.07, 6.45) is 0.548. The molecule has 0 saturated heterocycles. The average Bonchev–Trinajstić information content (AvgIpc) is 2.26. The molecular formula is C10H12N2O3. The zero-order valence-corrected chi connectivity index (χ0v) is 8.23. The molecule has 0 aliphatic heterocycles. The van der Waals surface area contributed by atoms with E-state index in [1.165, 1.54) is 19.2 Å². The highest BCUT2D eigenvalue weighted by molar-refractivity contribution is 6.11. The van der Waals surface area contributed by atoms with E-state index in [-0.39, 0.29) is 16.9 Å². The Hall–Kier alpha value is -2.17. The van der Waals surface area contributed by atoms with Gasteiger partial charge in [0, 0.05) is 17.3 Å². The first-order valence-corrected chi connectivity index (χ1v) is 4.18. The first-order chi connectivity index (χ1) is 7.10. The lowest BCUT2D eigenvalue weighted by Gasteiger charge is -2.06. The first kappa shape index (κ1) is 10.9. The monoisotopic (exact) mass is 208 g/mol. The van der Waals surface area contributed by atoms with E-state index in [2.05, 4.69) is 0 Å². The van der Waals surface area contributed by atoms with Crippen molar-refractivity contribution >= 4 is 11.5 Å². The van der Waals surface area contributed by atoms with Gasteiger partial charge in [0.15, 0.2) is 0 Å². The number of carbonyl (C=O) groups is 1. The van der Waals surface area contributed by atoms with Crippen LogP contribution in [0.15, 0.2) is 30.2 Å². The number of aliphatic hydroxyl groups is 1. The molecule has 5 heteroatoms. The molecule has 0 heterocycles. The maximum absolute atomic E-state index is 11.5. The number of nitrogen functional groups attached to an aromatic ring is 1. The molecule has 1 rings (SSSR count). The Morgan fingerprint density at radius 2 is 2.20 bits per heavy atom. The van der Waals surface area contributed by atoms with Crippen LogP contribution in [0, 0.1) is 0 Å². The van der Waals surface area contributed by atoms with Gasteiger partial charge in [0.2, 0.25) is 5.78 Å². The van der Waals surface area contributed by atoms with Gasteiger partial charge >= 0.3 is 0 Å². The van der Waals surface area contributed by atoms with Crippen LogP contribution in [-0.4, -0.2) is 18.0 Å². The Balaban J connectivity index is 3.11. The van der Waals surface area contributed by atoms with Crippen molar-refractivity contribution in [1.82, 2.24) is 0 Å². The fraction of sp³-hybridized carbons (Fsp3) is 0.100. The summed E-state index contributed by atoms with van der Waals surface area (Å²) in [7, 11) is 1.50. The molecule has 0 amide bonds. The lowest BCUT2D eigenvalue weighted by atomic mass is 10.1. The number of hydrogen-bond acceptors (Lipinski definition) is 5. The van der Waals surface area contributed by atoms with Crippen LogP contribution in [0.1, 0.15) is 10.4 Å². The Morgan fingerprint density at radius 3 is 2.67 bits per heavy atom. The van der Waals surface area contributed by atoms with Crippen LogP contribution in [-0.2, 0) is 0 Å². The molecule has 0 saturated carbocycles. The summed E-state index contributed by atoms with van der Waals surface area (Å²) in [5.41, 5.74) is 11.1. The van der Waals surface area contributed by atoms with Crippen molar-refractivity contribution in [2.75, 3.05) is 12.8 Å². The quantitative estimate of drug-likeness (QED) is 0.295. The molecule has 1 aromatic carbocycles. The third kappa shape index (κ3) is 2.19. The zero-order chi connectivity index (χ0) is 11.4. The molecule has 0 unspecified atom stereocenters. The van der Waals surface area contributed by atoms with E-state index in [0.29, 0.717) is 12.0 Å². The summed E-state index contributed by atoms with van der Waals surface area (Å²) in [5, 5.41) is 8.58. The minimum absolute atomic E-state index is 0.235. The normalized spacial score (nSPS) is 11.1. The summed E-state index contributed by atoms with van der Waals surface area (Å²) >= 11 is 0. The highest BCUT2D eigenvalue weighted by Crippen LogP contribution is 2.20. The summed E-state index contributed by atoms with van der Waals surface area (Å²) < 4.78 is 4.93. The molecule has 0 bridgehead atoms. The highest BCUT2D eigenvalue weighted by atomic mass is 16.5. The minimum Gasteiger partial charge on any atom is -0.513 e. The fourth-order valence-corrected chi connectivity index (χ4v) is 1.09. The van der Waals surface area contributed by atoms with Crippen molar-refractivity contribution in [3.05, 3.63) is 35.7 Å². The third-order valence-electron chi connectivity index (χ3n) is 1.90. The van der Waals surface area contributed by atoms with Gasteiger partial charge < -0.3 is 21.3 Å². The minimum atomic E-state index is -0.516. The summed E-state index contributed by atoms with van der Waals surface area (Å²) in [6.45, 7) is 0. The van der Waals surface area contributed by atoms with Crippen molar-refractivity contribution in [2.24, 2.45) is 5.73 Å². The number of aliphatic hydroxyl groups excluding tert-OH is 1. The SMILES string of the molecule is COc1ccc(C(=O)/C(N)=C\O)c(N)c1. The number of ether oxygens (including phenoxy) is 1. The highest BCUT2D eigenvalue weighted by Gasteiger charge is 2.13. The molecular weight excluding hydrogens is 196 g/mol. The van der Waals surface area contributed by atoms with E-state index in [1.807, 2.05) is 0 Å². The van der Waals surface area contributed by atoms with Crippen LogP contribution < -0.4 is 16.2 Å². The van der Waals surface area contributed by atoms with Gasteiger partial charge in [0.1, 0.15) is 17.7 Å². The Bertz CT molecular complexity index is 413. The smallest absolute Gasteiger partial charge is 0.213 e. The first-order valence-electron chi connectivity index (χ1n) is 4.18. The molecule has 0 fully saturated rings. The Labute approximate surface area is 87.0 Å². The van der Waals surface area contributed by atoms with Crippen molar-refractivity contribution < 1.29 is 14.6 Å². The molecule has 0 aromatic heterocycles. The van der Waals surface area contributed by atoms with Gasteiger partial charge in [0.05, 0.1) is 7.11 Å². The molecule has 0 radical (unpaired) electrons. The molecule has 0 aliphatic carbocycles. The molecule has 5 nitrogen and oxygen atoms in total. The van der Waals surface area contributed by atoms with Crippen molar-refractivity contribution in [2.45, 2.75) is 0 Å². The van der Waals surface area contributed by atoms with Crippen LogP contribution >= 0.6 is 0 Å². The second-order valence-corrected chi connectivity index (χ2v) is 2.87. The zero-order valence-electron chi connectivity index (χ0n) is 8.23. The number of hydrogen-bond donors (Lipinski definition) is 3. The van der Waals surface area contributed by atoms with Crippen LogP contribution in [0.5, 0.6) is 5.75 Å². The van der Waals surface area contributed by atoms with E-state index >= 15 is 0 Å². The van der Waals surface area contributed by atoms with Crippen LogP contribution in [0.3, 0.4) is 0 Å². The summed E-state index contributed by atoms with van der Waals surface area (Å²) in [5.74, 6) is 0.0354. The molecule has 0 aliphatic rings. The average molecular weight is 208 g/mol. The number of benzene rings is 1. The topological polar surface area (TPSA) is 98.6 Å². The number of anilines is 1. The Morgan fingerprint density at radius 1 is 1.53 bits per heavy atom. The Kier molecular flexibility index (Phi) is 3.17. The number of nitrogens with two attached hydrogens (primary N) is 2. The van der Waals surface area contributed by atoms with Crippen molar-refractivity contribution in [3.8, 4) is 5.75 Å². The standard InChI is InChI=1S/C10H12N2O3/c1-15-6-2-3-7(8(11)4-6)10(14)9(12)5-13/h2-5,13H,11-12H2,1H3/b9-5+. The maximum Gasteiger partial charge on any atom is 0.213 e. The number of Topliss-reactive ketones (excluding diaryl/α,β-unsaturated/α-hetero) is 1. The predicted octanol–water partition coefficient (Wildman–Crippen LogP) is 0.818. The van der Waals surface area contributed by atoms with Crippen molar-refractivity contribution in [1.29, 1.82) is 0 Å². The fourth-order valence-electron chi connectivity index (χ4n) is 1.09. The largest absolute Gasteiger partial charge is 0.513 e. The second-order valence-electron chi connectivity index (χ2n) is 2.87. The molecule has 0 atom stereocenters. The van der Waals surface area contributed by atoms with Gasteiger partial charge in [-0.15, -0.1) is 0 Å². The van der Waals surface area contributed by atoms with Crippen LogP contribution in [0.25, 0.3) is 0 Å². The molecule has 15 heavy (non-hydrogen) atoms. The second kappa shape index (κ2) is 4.36. The number of ketones is 1. The maximum atomic E-state index is 11.5. The lowest BCUT2D eigenvalue weighted by Crippen LogP contribution is -2.13.